The number of para-hydroxylation sites is 1. The molecule has 0 aliphatic rings. The average Bonchev–Trinajstić information content (AvgIpc) is 2.49. The topological polar surface area (TPSA) is 51.4 Å². The molecule has 0 amide bonds. The second kappa shape index (κ2) is 7.38. The van der Waals surface area contributed by atoms with E-state index in [9.17, 15) is 0 Å². The van der Waals surface area contributed by atoms with Crippen molar-refractivity contribution < 1.29 is 4.74 Å². The Morgan fingerprint density at radius 1 is 1.29 bits per heavy atom. The zero-order chi connectivity index (χ0) is 15.2. The van der Waals surface area contributed by atoms with Gasteiger partial charge in [-0.25, -0.2) is 4.98 Å². The third-order valence-electron chi connectivity index (χ3n) is 3.45. The van der Waals surface area contributed by atoms with Gasteiger partial charge in [0.05, 0.1) is 12.1 Å². The van der Waals surface area contributed by atoms with Crippen LogP contribution in [0.2, 0.25) is 0 Å². The molecular formula is C17H25N3O. The van der Waals surface area contributed by atoms with Gasteiger partial charge in [-0.15, -0.1) is 0 Å². The standard InChI is InChI=1S/C17H25N3O/c1-13(2)12-20(8-9-21-3)17-15(11-18)10-14-6-4-5-7-16(14)19-17/h4-7,10,13H,8-9,11-12,18H2,1-3H3. The van der Waals surface area contributed by atoms with Crippen molar-refractivity contribution in [1.29, 1.82) is 0 Å². The summed E-state index contributed by atoms with van der Waals surface area (Å²) in [4.78, 5) is 7.12. The maximum absolute atomic E-state index is 5.94. The van der Waals surface area contributed by atoms with Crippen LogP contribution < -0.4 is 10.6 Å². The lowest BCUT2D eigenvalue weighted by Gasteiger charge is -2.27. The van der Waals surface area contributed by atoms with Crippen molar-refractivity contribution in [2.75, 3.05) is 31.7 Å². The Kier molecular flexibility index (Phi) is 5.53. The molecule has 2 rings (SSSR count). The summed E-state index contributed by atoms with van der Waals surface area (Å²) in [5, 5.41) is 1.14. The summed E-state index contributed by atoms with van der Waals surface area (Å²) in [6.45, 7) is 7.38. The highest BCUT2D eigenvalue weighted by Crippen LogP contribution is 2.24. The Bertz CT molecular complexity index is 583. The minimum Gasteiger partial charge on any atom is -0.383 e. The van der Waals surface area contributed by atoms with Crippen LogP contribution in [0.25, 0.3) is 10.9 Å². The van der Waals surface area contributed by atoms with Gasteiger partial charge in [0, 0.05) is 37.7 Å². The van der Waals surface area contributed by atoms with Gasteiger partial charge in [-0.2, -0.15) is 0 Å². The van der Waals surface area contributed by atoms with E-state index in [-0.39, 0.29) is 0 Å². The van der Waals surface area contributed by atoms with E-state index in [1.54, 1.807) is 7.11 Å². The summed E-state index contributed by atoms with van der Waals surface area (Å²) in [6.07, 6.45) is 0. The molecule has 1 aromatic carbocycles. The summed E-state index contributed by atoms with van der Waals surface area (Å²) in [5.41, 5.74) is 8.04. The Morgan fingerprint density at radius 2 is 2.05 bits per heavy atom. The number of benzene rings is 1. The van der Waals surface area contributed by atoms with Crippen molar-refractivity contribution >= 4 is 16.7 Å². The van der Waals surface area contributed by atoms with Crippen LogP contribution in [0.15, 0.2) is 30.3 Å². The molecule has 0 unspecified atom stereocenters. The molecule has 114 valence electrons. The predicted octanol–water partition coefficient (Wildman–Crippen LogP) is 2.80. The fourth-order valence-electron chi connectivity index (χ4n) is 2.50. The van der Waals surface area contributed by atoms with Gasteiger partial charge in [-0.1, -0.05) is 32.0 Å². The van der Waals surface area contributed by atoms with E-state index in [0.717, 1.165) is 35.4 Å². The number of anilines is 1. The summed E-state index contributed by atoms with van der Waals surface area (Å²) < 4.78 is 5.24. The summed E-state index contributed by atoms with van der Waals surface area (Å²) >= 11 is 0. The molecule has 2 aromatic rings. The van der Waals surface area contributed by atoms with Crippen LogP contribution in [-0.4, -0.2) is 31.8 Å². The van der Waals surface area contributed by atoms with E-state index < -0.39 is 0 Å². The van der Waals surface area contributed by atoms with Crippen LogP contribution in [0.3, 0.4) is 0 Å². The highest BCUT2D eigenvalue weighted by Gasteiger charge is 2.15. The Morgan fingerprint density at radius 3 is 2.71 bits per heavy atom. The molecule has 0 radical (unpaired) electrons. The number of hydrogen-bond donors (Lipinski definition) is 1. The number of nitrogens with two attached hydrogens (primary N) is 1. The molecule has 1 heterocycles. The molecule has 0 bridgehead atoms. The zero-order valence-corrected chi connectivity index (χ0v) is 13.2. The van der Waals surface area contributed by atoms with Crippen LogP contribution in [-0.2, 0) is 11.3 Å². The lowest BCUT2D eigenvalue weighted by molar-refractivity contribution is 0.204. The Hall–Kier alpha value is -1.65. The number of nitrogens with zero attached hydrogens (tertiary/aromatic N) is 2. The van der Waals surface area contributed by atoms with Gasteiger partial charge < -0.3 is 15.4 Å². The molecule has 0 saturated carbocycles. The molecule has 4 heteroatoms. The maximum Gasteiger partial charge on any atom is 0.133 e. The SMILES string of the molecule is COCCN(CC(C)C)c1nc2ccccc2cc1CN. The molecule has 4 nitrogen and oxygen atoms in total. The van der Waals surface area contributed by atoms with Crippen molar-refractivity contribution in [3.05, 3.63) is 35.9 Å². The first-order valence-electron chi connectivity index (χ1n) is 7.48. The monoisotopic (exact) mass is 287 g/mol. The summed E-state index contributed by atoms with van der Waals surface area (Å²) in [6, 6.07) is 10.3. The minimum absolute atomic E-state index is 0.495. The number of pyridine rings is 1. The van der Waals surface area contributed by atoms with Gasteiger partial charge in [0.1, 0.15) is 5.82 Å². The van der Waals surface area contributed by atoms with Crippen molar-refractivity contribution in [3.63, 3.8) is 0 Å². The molecule has 0 atom stereocenters. The molecule has 0 spiro atoms. The first-order chi connectivity index (χ1) is 10.2. The second-order valence-corrected chi connectivity index (χ2v) is 5.70. The lowest BCUT2D eigenvalue weighted by Crippen LogP contribution is -2.32. The van der Waals surface area contributed by atoms with Crippen molar-refractivity contribution in [3.8, 4) is 0 Å². The normalized spacial score (nSPS) is 11.3. The van der Waals surface area contributed by atoms with Crippen molar-refractivity contribution in [2.45, 2.75) is 20.4 Å². The maximum atomic E-state index is 5.94. The van der Waals surface area contributed by atoms with E-state index in [0.29, 0.717) is 19.1 Å². The zero-order valence-electron chi connectivity index (χ0n) is 13.2. The largest absolute Gasteiger partial charge is 0.383 e. The quantitative estimate of drug-likeness (QED) is 0.851. The number of aromatic nitrogens is 1. The molecule has 1 aromatic heterocycles. The Labute approximate surface area is 126 Å². The van der Waals surface area contributed by atoms with E-state index in [1.165, 1.54) is 0 Å². The van der Waals surface area contributed by atoms with Gasteiger partial charge in [0.25, 0.3) is 0 Å². The number of ether oxygens (including phenoxy) is 1. The average molecular weight is 287 g/mol. The highest BCUT2D eigenvalue weighted by molar-refractivity contribution is 5.81. The summed E-state index contributed by atoms with van der Waals surface area (Å²) in [7, 11) is 1.73. The molecule has 0 aliphatic heterocycles. The van der Waals surface area contributed by atoms with Crippen LogP contribution >= 0.6 is 0 Å². The molecule has 21 heavy (non-hydrogen) atoms. The fourth-order valence-corrected chi connectivity index (χ4v) is 2.50. The first kappa shape index (κ1) is 15.7. The Balaban J connectivity index is 2.43. The van der Waals surface area contributed by atoms with Gasteiger partial charge in [-0.3, -0.25) is 0 Å². The number of methoxy groups -OCH3 is 1. The van der Waals surface area contributed by atoms with Gasteiger partial charge in [-0.05, 0) is 18.1 Å². The fraction of sp³-hybridized carbons (Fsp3) is 0.471. The number of fused-ring (bicyclic) bond motifs is 1. The summed E-state index contributed by atoms with van der Waals surface area (Å²) in [5.74, 6) is 1.54. The van der Waals surface area contributed by atoms with Crippen molar-refractivity contribution in [2.24, 2.45) is 11.7 Å². The third kappa shape index (κ3) is 3.93. The minimum atomic E-state index is 0.495. The predicted molar refractivity (Wildman–Crippen MR) is 88.6 cm³/mol. The van der Waals surface area contributed by atoms with E-state index >= 15 is 0 Å². The smallest absolute Gasteiger partial charge is 0.133 e. The van der Waals surface area contributed by atoms with E-state index in [4.69, 9.17) is 15.5 Å². The molecule has 2 N–H and O–H groups in total. The molecule has 0 aliphatic carbocycles. The lowest BCUT2D eigenvalue weighted by atomic mass is 10.1. The van der Waals surface area contributed by atoms with E-state index in [2.05, 4.69) is 30.9 Å². The van der Waals surface area contributed by atoms with Crippen LogP contribution in [0, 0.1) is 5.92 Å². The highest BCUT2D eigenvalue weighted by atomic mass is 16.5. The van der Waals surface area contributed by atoms with Gasteiger partial charge >= 0.3 is 0 Å². The third-order valence-corrected chi connectivity index (χ3v) is 3.45. The van der Waals surface area contributed by atoms with Gasteiger partial charge in [0.15, 0.2) is 0 Å². The van der Waals surface area contributed by atoms with Crippen molar-refractivity contribution in [1.82, 2.24) is 4.98 Å². The first-order valence-corrected chi connectivity index (χ1v) is 7.48. The van der Waals surface area contributed by atoms with Crippen LogP contribution in [0.4, 0.5) is 5.82 Å². The van der Waals surface area contributed by atoms with Gasteiger partial charge in [0.2, 0.25) is 0 Å². The van der Waals surface area contributed by atoms with Crippen LogP contribution in [0.1, 0.15) is 19.4 Å². The number of rotatable bonds is 7. The molecule has 0 saturated heterocycles. The molecular weight excluding hydrogens is 262 g/mol. The number of hydrogen-bond acceptors (Lipinski definition) is 4. The van der Waals surface area contributed by atoms with E-state index in [1.807, 2.05) is 18.2 Å². The second-order valence-electron chi connectivity index (χ2n) is 5.70. The molecule has 0 fully saturated rings. The van der Waals surface area contributed by atoms with Crippen LogP contribution in [0.5, 0.6) is 0 Å².